The van der Waals surface area contributed by atoms with Crippen LogP contribution in [-0.2, 0) is 4.79 Å². The highest BCUT2D eigenvalue weighted by Gasteiger charge is 2.22. The van der Waals surface area contributed by atoms with Gasteiger partial charge in [0.15, 0.2) is 17.3 Å². The zero-order chi connectivity index (χ0) is 12.5. The summed E-state index contributed by atoms with van der Waals surface area (Å²) < 4.78 is 25.9. The molecule has 0 aliphatic rings. The average molecular weight is 233 g/mol. The lowest BCUT2D eigenvalue weighted by Crippen LogP contribution is -2.15. The van der Waals surface area contributed by atoms with Gasteiger partial charge in [-0.3, -0.25) is 4.79 Å². The maximum atomic E-state index is 13.0. The van der Waals surface area contributed by atoms with Gasteiger partial charge in [0.1, 0.15) is 0 Å². The highest BCUT2D eigenvalue weighted by Crippen LogP contribution is 2.34. The van der Waals surface area contributed by atoms with E-state index in [1.54, 1.807) is 0 Å². The number of carbonyl (C=O) groups is 1. The molecule has 5 nitrogen and oxygen atoms in total. The third-order valence-corrected chi connectivity index (χ3v) is 1.99. The number of hydrogen-bond acceptors (Lipinski definition) is 4. The summed E-state index contributed by atoms with van der Waals surface area (Å²) in [6.07, 6.45) is -0.600. The SMILES string of the molecule is NC(CC(=O)O)c1cc(F)c(O)c(F)c1O. The average Bonchev–Trinajstić information content (AvgIpc) is 2.19. The number of hydrogen-bond donors (Lipinski definition) is 4. The van der Waals surface area contributed by atoms with Gasteiger partial charge in [-0.15, -0.1) is 0 Å². The summed E-state index contributed by atoms with van der Waals surface area (Å²) >= 11 is 0. The van der Waals surface area contributed by atoms with Crippen LogP contribution >= 0.6 is 0 Å². The molecule has 0 spiro atoms. The number of nitrogens with two attached hydrogens (primary N) is 1. The fraction of sp³-hybridized carbons (Fsp3) is 0.222. The second kappa shape index (κ2) is 4.31. The van der Waals surface area contributed by atoms with Crippen LogP contribution in [0.2, 0.25) is 0 Å². The molecular formula is C9H9F2NO4. The Kier molecular flexibility index (Phi) is 3.28. The minimum atomic E-state index is -1.56. The second-order valence-corrected chi connectivity index (χ2v) is 3.16. The van der Waals surface area contributed by atoms with Crippen LogP contribution in [0.15, 0.2) is 6.07 Å². The summed E-state index contributed by atoms with van der Waals surface area (Å²) in [5.74, 6) is -6.53. The van der Waals surface area contributed by atoms with Crippen molar-refractivity contribution >= 4 is 5.97 Å². The Bertz CT molecular complexity index is 436. The Hall–Kier alpha value is -1.89. The van der Waals surface area contributed by atoms with Gasteiger partial charge in [0.25, 0.3) is 0 Å². The highest BCUT2D eigenvalue weighted by atomic mass is 19.1. The molecule has 1 aromatic carbocycles. The quantitative estimate of drug-likeness (QED) is 0.619. The third-order valence-electron chi connectivity index (χ3n) is 1.99. The molecule has 0 saturated carbocycles. The molecule has 1 aromatic rings. The van der Waals surface area contributed by atoms with Crippen molar-refractivity contribution in [3.05, 3.63) is 23.3 Å². The van der Waals surface area contributed by atoms with E-state index in [-0.39, 0.29) is 0 Å². The molecule has 1 atom stereocenters. The molecule has 88 valence electrons. The predicted molar refractivity (Wildman–Crippen MR) is 48.9 cm³/mol. The molecule has 16 heavy (non-hydrogen) atoms. The van der Waals surface area contributed by atoms with E-state index in [1.807, 2.05) is 0 Å². The summed E-state index contributed by atoms with van der Waals surface area (Å²) in [6.45, 7) is 0. The van der Waals surface area contributed by atoms with E-state index < -0.39 is 47.1 Å². The molecule has 0 aliphatic heterocycles. The van der Waals surface area contributed by atoms with Crippen LogP contribution in [-0.4, -0.2) is 21.3 Å². The van der Waals surface area contributed by atoms with Gasteiger partial charge in [-0.05, 0) is 6.07 Å². The molecule has 0 amide bonds. The predicted octanol–water partition coefficient (Wildman–Crippen LogP) is 0.850. The minimum absolute atomic E-state index is 0.407. The lowest BCUT2D eigenvalue weighted by molar-refractivity contribution is -0.137. The molecule has 0 aliphatic carbocycles. The van der Waals surface area contributed by atoms with Gasteiger partial charge in [-0.25, -0.2) is 4.39 Å². The first-order valence-corrected chi connectivity index (χ1v) is 4.21. The van der Waals surface area contributed by atoms with Crippen molar-refractivity contribution in [3.63, 3.8) is 0 Å². The molecule has 0 heterocycles. The van der Waals surface area contributed by atoms with Gasteiger partial charge < -0.3 is 21.1 Å². The largest absolute Gasteiger partial charge is 0.504 e. The van der Waals surface area contributed by atoms with Crippen LogP contribution in [0, 0.1) is 11.6 Å². The number of phenols is 2. The first-order chi connectivity index (χ1) is 7.34. The van der Waals surface area contributed by atoms with Crippen LogP contribution in [0.25, 0.3) is 0 Å². The maximum Gasteiger partial charge on any atom is 0.305 e. The molecule has 0 saturated heterocycles. The van der Waals surface area contributed by atoms with Crippen LogP contribution in [0.1, 0.15) is 18.0 Å². The van der Waals surface area contributed by atoms with E-state index in [0.29, 0.717) is 6.07 Å². The van der Waals surface area contributed by atoms with E-state index in [4.69, 9.17) is 15.9 Å². The summed E-state index contributed by atoms with van der Waals surface area (Å²) in [4.78, 5) is 10.3. The molecule has 1 unspecified atom stereocenters. The monoisotopic (exact) mass is 233 g/mol. The van der Waals surface area contributed by atoms with E-state index in [9.17, 15) is 18.7 Å². The van der Waals surface area contributed by atoms with Gasteiger partial charge >= 0.3 is 5.97 Å². The fourth-order valence-electron chi connectivity index (χ4n) is 1.20. The van der Waals surface area contributed by atoms with Crippen molar-refractivity contribution < 1.29 is 28.9 Å². The van der Waals surface area contributed by atoms with Gasteiger partial charge in [0.05, 0.1) is 6.42 Å². The van der Waals surface area contributed by atoms with E-state index in [1.165, 1.54) is 0 Å². The Morgan fingerprint density at radius 3 is 2.44 bits per heavy atom. The Morgan fingerprint density at radius 2 is 1.94 bits per heavy atom. The smallest absolute Gasteiger partial charge is 0.305 e. The molecule has 1 rings (SSSR count). The topological polar surface area (TPSA) is 104 Å². The normalized spacial score (nSPS) is 12.4. The molecule has 0 fully saturated rings. The number of carboxylic acids is 1. The molecule has 5 N–H and O–H groups in total. The van der Waals surface area contributed by atoms with Gasteiger partial charge in [0, 0.05) is 11.6 Å². The van der Waals surface area contributed by atoms with Crippen LogP contribution in [0.5, 0.6) is 11.5 Å². The van der Waals surface area contributed by atoms with Crippen molar-refractivity contribution in [2.45, 2.75) is 12.5 Å². The molecule has 0 bridgehead atoms. The number of rotatable bonds is 3. The zero-order valence-electron chi connectivity index (χ0n) is 7.94. The maximum absolute atomic E-state index is 13.0. The van der Waals surface area contributed by atoms with Crippen molar-refractivity contribution in [2.75, 3.05) is 0 Å². The lowest BCUT2D eigenvalue weighted by Gasteiger charge is -2.12. The summed E-state index contributed by atoms with van der Waals surface area (Å²) in [7, 11) is 0. The molecular weight excluding hydrogens is 224 g/mol. The van der Waals surface area contributed by atoms with E-state index in [2.05, 4.69) is 0 Å². The number of carboxylic acid groups (broad SMARTS) is 1. The van der Waals surface area contributed by atoms with E-state index in [0.717, 1.165) is 0 Å². The number of aromatic hydroxyl groups is 2. The summed E-state index contributed by atoms with van der Waals surface area (Å²) in [6, 6.07) is -0.663. The van der Waals surface area contributed by atoms with Crippen molar-refractivity contribution in [3.8, 4) is 11.5 Å². The van der Waals surface area contributed by atoms with Gasteiger partial charge in [0.2, 0.25) is 5.82 Å². The van der Waals surface area contributed by atoms with Crippen molar-refractivity contribution in [1.29, 1.82) is 0 Å². The zero-order valence-corrected chi connectivity index (χ0v) is 7.94. The number of aliphatic carboxylic acids is 1. The van der Waals surface area contributed by atoms with Crippen molar-refractivity contribution in [2.24, 2.45) is 5.73 Å². The Balaban J connectivity index is 3.19. The minimum Gasteiger partial charge on any atom is -0.504 e. The number of halogens is 2. The summed E-state index contributed by atoms with van der Waals surface area (Å²) in [5.41, 5.74) is 4.92. The van der Waals surface area contributed by atoms with Crippen molar-refractivity contribution in [1.82, 2.24) is 0 Å². The van der Waals surface area contributed by atoms with Crippen LogP contribution in [0.4, 0.5) is 8.78 Å². The Morgan fingerprint density at radius 1 is 1.38 bits per heavy atom. The van der Waals surface area contributed by atoms with Gasteiger partial charge in [-0.1, -0.05) is 0 Å². The highest BCUT2D eigenvalue weighted by molar-refractivity contribution is 5.68. The first kappa shape index (κ1) is 12.2. The molecule has 0 aromatic heterocycles. The molecule has 7 heteroatoms. The summed E-state index contributed by atoms with van der Waals surface area (Å²) in [5, 5.41) is 26.5. The lowest BCUT2D eigenvalue weighted by atomic mass is 10.0. The number of benzene rings is 1. The fourth-order valence-corrected chi connectivity index (χ4v) is 1.20. The second-order valence-electron chi connectivity index (χ2n) is 3.16. The van der Waals surface area contributed by atoms with E-state index >= 15 is 0 Å². The van der Waals surface area contributed by atoms with Crippen LogP contribution < -0.4 is 5.73 Å². The third kappa shape index (κ3) is 2.19. The van der Waals surface area contributed by atoms with Gasteiger partial charge in [-0.2, -0.15) is 4.39 Å². The first-order valence-electron chi connectivity index (χ1n) is 4.21. The van der Waals surface area contributed by atoms with Crippen LogP contribution in [0.3, 0.4) is 0 Å². The number of phenolic OH excluding ortho intramolecular Hbond substituents is 2. The standard InChI is InChI=1S/C9H9F2NO4/c10-4-1-3(5(12)2-6(13)14)8(15)7(11)9(4)16/h1,5,15-16H,2,12H2,(H,13,14). The Labute approximate surface area is 88.7 Å². The molecule has 0 radical (unpaired) electrons.